The minimum absolute atomic E-state index is 0.0415. The third kappa shape index (κ3) is 3.13. The van der Waals surface area contributed by atoms with Crippen LogP contribution >= 0.6 is 11.3 Å². The summed E-state index contributed by atoms with van der Waals surface area (Å²) in [7, 11) is 0. The molecule has 1 aromatic carbocycles. The molecule has 1 aromatic heterocycles. The molecule has 102 valence electrons. The van der Waals surface area contributed by atoms with Crippen LogP contribution in [0.2, 0.25) is 0 Å². The summed E-state index contributed by atoms with van der Waals surface area (Å²) < 4.78 is 1.14. The minimum Gasteiger partial charge on any atom is -0.302 e. The number of thiazole rings is 1. The molecule has 2 aromatic rings. The molecule has 0 radical (unpaired) electrons. The van der Waals surface area contributed by atoms with Crippen LogP contribution in [-0.4, -0.2) is 10.9 Å². The van der Waals surface area contributed by atoms with E-state index in [1.54, 1.807) is 11.3 Å². The first-order chi connectivity index (χ1) is 9.01. The Labute approximate surface area is 118 Å². The number of nitrogens with zero attached hydrogens (tertiary/aromatic N) is 1. The van der Waals surface area contributed by atoms with Crippen LogP contribution in [-0.2, 0) is 4.79 Å². The van der Waals surface area contributed by atoms with E-state index in [1.165, 1.54) is 5.56 Å². The van der Waals surface area contributed by atoms with E-state index in [9.17, 15) is 4.79 Å². The molecule has 1 heterocycles. The van der Waals surface area contributed by atoms with Crippen LogP contribution in [0.15, 0.2) is 12.1 Å². The molecule has 0 fully saturated rings. The van der Waals surface area contributed by atoms with Gasteiger partial charge in [0.25, 0.3) is 0 Å². The van der Waals surface area contributed by atoms with Gasteiger partial charge in [0, 0.05) is 5.92 Å². The number of carbonyl (C=O) groups excluding carboxylic acids is 1. The van der Waals surface area contributed by atoms with E-state index in [2.05, 4.69) is 43.2 Å². The zero-order chi connectivity index (χ0) is 14.0. The second kappa shape index (κ2) is 5.70. The Bertz CT molecular complexity index is 603. The number of rotatable bonds is 4. The third-order valence-corrected chi connectivity index (χ3v) is 4.15. The molecule has 1 N–H and O–H groups in total. The predicted octanol–water partition coefficient (Wildman–Crippen LogP) is 4.29. The molecule has 19 heavy (non-hydrogen) atoms. The fraction of sp³-hybridized carbons (Fsp3) is 0.467. The number of aromatic nitrogens is 1. The van der Waals surface area contributed by atoms with Crippen molar-refractivity contribution >= 4 is 32.6 Å². The molecule has 2 rings (SSSR count). The van der Waals surface area contributed by atoms with Crippen molar-refractivity contribution in [3.63, 3.8) is 0 Å². The molecule has 3 nitrogen and oxygen atoms in total. The number of amides is 1. The highest BCUT2D eigenvalue weighted by atomic mass is 32.1. The maximum Gasteiger partial charge on any atom is 0.228 e. The summed E-state index contributed by atoms with van der Waals surface area (Å²) in [6.07, 6.45) is 1.93. The van der Waals surface area contributed by atoms with Crippen LogP contribution in [0, 0.1) is 19.8 Å². The number of benzene rings is 1. The molecule has 0 bridgehead atoms. The normalized spacial score (nSPS) is 12.6. The molecular weight excluding hydrogens is 256 g/mol. The largest absolute Gasteiger partial charge is 0.302 e. The van der Waals surface area contributed by atoms with Gasteiger partial charge in [-0.15, -0.1) is 0 Å². The Hall–Kier alpha value is -1.42. The fourth-order valence-electron chi connectivity index (χ4n) is 2.22. The molecular formula is C15H20N2OS. The lowest BCUT2D eigenvalue weighted by molar-refractivity contribution is -0.119. The highest BCUT2D eigenvalue weighted by Gasteiger charge is 2.14. The molecule has 1 atom stereocenters. The average Bonchev–Trinajstić information content (AvgIpc) is 2.72. The first-order valence-electron chi connectivity index (χ1n) is 6.70. The summed E-state index contributed by atoms with van der Waals surface area (Å²) in [5.41, 5.74) is 3.38. The fourth-order valence-corrected chi connectivity index (χ4v) is 3.26. The highest BCUT2D eigenvalue weighted by molar-refractivity contribution is 7.22. The lowest BCUT2D eigenvalue weighted by Gasteiger charge is -2.08. The van der Waals surface area contributed by atoms with Crippen LogP contribution in [0.4, 0.5) is 5.13 Å². The smallest absolute Gasteiger partial charge is 0.228 e. The van der Waals surface area contributed by atoms with E-state index in [4.69, 9.17) is 0 Å². The van der Waals surface area contributed by atoms with Gasteiger partial charge < -0.3 is 5.32 Å². The van der Waals surface area contributed by atoms with Crippen molar-refractivity contribution in [3.8, 4) is 0 Å². The van der Waals surface area contributed by atoms with E-state index in [0.717, 1.165) is 28.6 Å². The van der Waals surface area contributed by atoms with E-state index in [-0.39, 0.29) is 11.8 Å². The zero-order valence-electron chi connectivity index (χ0n) is 11.9. The maximum absolute atomic E-state index is 12.0. The Morgan fingerprint density at radius 1 is 1.42 bits per heavy atom. The Morgan fingerprint density at radius 3 is 2.84 bits per heavy atom. The summed E-state index contributed by atoms with van der Waals surface area (Å²) in [6, 6.07) is 4.23. The molecule has 4 heteroatoms. The van der Waals surface area contributed by atoms with Gasteiger partial charge in [0.2, 0.25) is 5.91 Å². The number of fused-ring (bicyclic) bond motifs is 1. The summed E-state index contributed by atoms with van der Waals surface area (Å²) in [5.74, 6) is 0.107. The van der Waals surface area contributed by atoms with E-state index in [1.807, 2.05) is 6.92 Å². The summed E-state index contributed by atoms with van der Waals surface area (Å²) in [5, 5.41) is 3.64. The van der Waals surface area contributed by atoms with E-state index in [0.29, 0.717) is 5.13 Å². The van der Waals surface area contributed by atoms with Crippen LogP contribution in [0.25, 0.3) is 10.2 Å². The van der Waals surface area contributed by atoms with Gasteiger partial charge in [-0.1, -0.05) is 37.7 Å². The van der Waals surface area contributed by atoms with Gasteiger partial charge in [-0.25, -0.2) is 4.98 Å². The van der Waals surface area contributed by atoms with Crippen LogP contribution < -0.4 is 5.32 Å². The Balaban J connectivity index is 2.22. The summed E-state index contributed by atoms with van der Waals surface area (Å²) >= 11 is 1.55. The first-order valence-corrected chi connectivity index (χ1v) is 7.51. The number of hydrogen-bond donors (Lipinski definition) is 1. The van der Waals surface area contributed by atoms with Crippen molar-refractivity contribution in [3.05, 3.63) is 23.3 Å². The lowest BCUT2D eigenvalue weighted by Crippen LogP contribution is -2.19. The number of carbonyl (C=O) groups is 1. The SMILES string of the molecule is CCC[C@@H](C)C(=O)Nc1nc2c(C)cc(C)cc2s1. The van der Waals surface area contributed by atoms with Crippen LogP contribution in [0.3, 0.4) is 0 Å². The average molecular weight is 276 g/mol. The van der Waals surface area contributed by atoms with Gasteiger partial charge in [0.1, 0.15) is 0 Å². The summed E-state index contributed by atoms with van der Waals surface area (Å²) in [6.45, 7) is 8.18. The van der Waals surface area contributed by atoms with Gasteiger partial charge in [0.05, 0.1) is 10.2 Å². The molecule has 0 aliphatic carbocycles. The molecule has 1 amide bonds. The zero-order valence-corrected chi connectivity index (χ0v) is 12.7. The highest BCUT2D eigenvalue weighted by Crippen LogP contribution is 2.29. The van der Waals surface area contributed by atoms with E-state index >= 15 is 0 Å². The first kappa shape index (κ1) is 14.0. The van der Waals surface area contributed by atoms with Crippen molar-refractivity contribution < 1.29 is 4.79 Å². The second-order valence-electron chi connectivity index (χ2n) is 5.13. The van der Waals surface area contributed by atoms with Crippen molar-refractivity contribution in [2.24, 2.45) is 5.92 Å². The topological polar surface area (TPSA) is 42.0 Å². The minimum atomic E-state index is 0.0415. The molecule has 0 aliphatic rings. The van der Waals surface area contributed by atoms with Crippen molar-refractivity contribution in [1.29, 1.82) is 0 Å². The second-order valence-corrected chi connectivity index (χ2v) is 6.16. The molecule has 0 aliphatic heterocycles. The van der Waals surface area contributed by atoms with Crippen LogP contribution in [0.5, 0.6) is 0 Å². The lowest BCUT2D eigenvalue weighted by atomic mass is 10.1. The van der Waals surface area contributed by atoms with Crippen LogP contribution in [0.1, 0.15) is 37.8 Å². The quantitative estimate of drug-likeness (QED) is 0.905. The van der Waals surface area contributed by atoms with Crippen molar-refractivity contribution in [1.82, 2.24) is 4.98 Å². The molecule has 0 saturated heterocycles. The number of anilines is 1. The van der Waals surface area contributed by atoms with Gasteiger partial charge in [-0.05, 0) is 37.5 Å². The van der Waals surface area contributed by atoms with Gasteiger partial charge in [-0.2, -0.15) is 0 Å². The molecule has 0 unspecified atom stereocenters. The Kier molecular flexibility index (Phi) is 4.20. The molecule has 0 saturated carbocycles. The van der Waals surface area contributed by atoms with Crippen molar-refractivity contribution in [2.75, 3.05) is 5.32 Å². The Morgan fingerprint density at radius 2 is 2.16 bits per heavy atom. The third-order valence-electron chi connectivity index (χ3n) is 3.23. The maximum atomic E-state index is 12.0. The molecule has 0 spiro atoms. The number of aryl methyl sites for hydroxylation is 2. The summed E-state index contributed by atoms with van der Waals surface area (Å²) in [4.78, 5) is 16.5. The van der Waals surface area contributed by atoms with Gasteiger partial charge in [-0.3, -0.25) is 4.79 Å². The van der Waals surface area contributed by atoms with Gasteiger partial charge >= 0.3 is 0 Å². The standard InChI is InChI=1S/C15H20N2OS/c1-5-6-10(3)14(18)17-15-16-13-11(4)7-9(2)8-12(13)19-15/h7-8,10H,5-6H2,1-4H3,(H,16,17,18)/t10-/m1/s1. The van der Waals surface area contributed by atoms with E-state index < -0.39 is 0 Å². The monoisotopic (exact) mass is 276 g/mol. The van der Waals surface area contributed by atoms with Gasteiger partial charge in [0.15, 0.2) is 5.13 Å². The number of hydrogen-bond acceptors (Lipinski definition) is 3. The number of nitrogens with one attached hydrogen (secondary N) is 1. The van der Waals surface area contributed by atoms with Crippen molar-refractivity contribution in [2.45, 2.75) is 40.5 Å². The predicted molar refractivity (Wildman–Crippen MR) is 81.8 cm³/mol.